The van der Waals surface area contributed by atoms with Crippen molar-refractivity contribution in [2.24, 2.45) is 0 Å². The SMILES string of the molecule is C=CC1=C(/C(=C\C)NC(C)=O)OCc2c1noc2C. The van der Waals surface area contributed by atoms with Gasteiger partial charge in [-0.15, -0.1) is 0 Å². The summed E-state index contributed by atoms with van der Waals surface area (Å²) in [5, 5.41) is 6.76. The van der Waals surface area contributed by atoms with Crippen LogP contribution in [0.1, 0.15) is 30.9 Å². The van der Waals surface area contributed by atoms with Crippen molar-refractivity contribution in [3.8, 4) is 0 Å². The summed E-state index contributed by atoms with van der Waals surface area (Å²) in [6.07, 6.45) is 3.43. The molecule has 1 N–H and O–H groups in total. The highest BCUT2D eigenvalue weighted by Crippen LogP contribution is 2.33. The third kappa shape index (κ3) is 2.31. The van der Waals surface area contributed by atoms with Crippen LogP contribution in [-0.2, 0) is 16.1 Å². The van der Waals surface area contributed by atoms with Crippen LogP contribution in [0.2, 0.25) is 0 Å². The molecule has 5 heteroatoms. The topological polar surface area (TPSA) is 64.4 Å². The van der Waals surface area contributed by atoms with Crippen molar-refractivity contribution in [1.82, 2.24) is 10.5 Å². The lowest BCUT2D eigenvalue weighted by atomic mass is 10.0. The Hall–Kier alpha value is -2.30. The molecule has 0 atom stereocenters. The van der Waals surface area contributed by atoms with Crippen LogP contribution in [0.25, 0.3) is 5.57 Å². The number of hydrogen-bond donors (Lipinski definition) is 1. The number of rotatable bonds is 3. The van der Waals surface area contributed by atoms with Gasteiger partial charge in [0.1, 0.15) is 18.1 Å². The van der Waals surface area contributed by atoms with E-state index in [0.29, 0.717) is 18.1 Å². The standard InChI is InChI=1S/C14H16N2O3/c1-5-10-13-11(8(3)19-16-13)7-18-14(10)12(6-2)15-9(4)17/h5-6H,1,7H2,2-4H3,(H,15,17)/b12-6+. The molecule has 0 radical (unpaired) electrons. The van der Waals surface area contributed by atoms with Gasteiger partial charge in [-0.25, -0.2) is 0 Å². The van der Waals surface area contributed by atoms with E-state index in [0.717, 1.165) is 22.6 Å². The molecule has 2 heterocycles. The van der Waals surface area contributed by atoms with E-state index in [1.165, 1.54) is 6.92 Å². The maximum Gasteiger partial charge on any atom is 0.221 e. The monoisotopic (exact) mass is 260 g/mol. The van der Waals surface area contributed by atoms with Crippen molar-refractivity contribution in [1.29, 1.82) is 0 Å². The van der Waals surface area contributed by atoms with E-state index < -0.39 is 0 Å². The first-order valence-electron chi connectivity index (χ1n) is 5.97. The maximum atomic E-state index is 11.2. The second-order valence-electron chi connectivity index (χ2n) is 4.19. The predicted octanol–water partition coefficient (Wildman–Crippen LogP) is 2.45. The Balaban J connectivity index is 2.52. The number of carbonyl (C=O) groups is 1. The Morgan fingerprint density at radius 1 is 1.53 bits per heavy atom. The largest absolute Gasteiger partial charge is 0.486 e. The average molecular weight is 260 g/mol. The van der Waals surface area contributed by atoms with E-state index in [1.54, 1.807) is 12.2 Å². The van der Waals surface area contributed by atoms with Gasteiger partial charge in [0.15, 0.2) is 5.76 Å². The zero-order chi connectivity index (χ0) is 14.0. The van der Waals surface area contributed by atoms with Crippen molar-refractivity contribution in [2.45, 2.75) is 27.4 Å². The smallest absolute Gasteiger partial charge is 0.221 e. The molecule has 100 valence electrons. The van der Waals surface area contributed by atoms with Crippen LogP contribution in [0.5, 0.6) is 0 Å². The zero-order valence-electron chi connectivity index (χ0n) is 11.2. The Morgan fingerprint density at radius 2 is 2.26 bits per heavy atom. The number of aromatic nitrogens is 1. The molecule has 0 bridgehead atoms. The van der Waals surface area contributed by atoms with Gasteiger partial charge in [0.05, 0.1) is 11.3 Å². The molecular formula is C14H16N2O3. The first-order chi connectivity index (χ1) is 9.08. The number of aryl methyl sites for hydroxylation is 1. The van der Waals surface area contributed by atoms with Gasteiger partial charge >= 0.3 is 0 Å². The molecule has 0 spiro atoms. The van der Waals surface area contributed by atoms with Crippen LogP contribution in [0.3, 0.4) is 0 Å². The molecule has 0 aliphatic carbocycles. The van der Waals surface area contributed by atoms with Gasteiger partial charge in [-0.2, -0.15) is 0 Å². The summed E-state index contributed by atoms with van der Waals surface area (Å²) < 4.78 is 10.9. The molecule has 1 aromatic rings. The van der Waals surface area contributed by atoms with Crippen LogP contribution < -0.4 is 5.32 Å². The highest BCUT2D eigenvalue weighted by molar-refractivity contribution is 5.82. The van der Waals surface area contributed by atoms with E-state index >= 15 is 0 Å². The molecule has 1 amide bonds. The number of allylic oxidation sites excluding steroid dienone is 3. The lowest BCUT2D eigenvalue weighted by Crippen LogP contribution is -2.23. The molecule has 0 unspecified atom stereocenters. The van der Waals surface area contributed by atoms with E-state index in [9.17, 15) is 4.79 Å². The summed E-state index contributed by atoms with van der Waals surface area (Å²) in [5.41, 5.74) is 2.96. The van der Waals surface area contributed by atoms with Crippen molar-refractivity contribution >= 4 is 11.5 Å². The summed E-state index contributed by atoms with van der Waals surface area (Å²) in [7, 11) is 0. The van der Waals surface area contributed by atoms with Gasteiger partial charge in [0.2, 0.25) is 5.91 Å². The zero-order valence-corrected chi connectivity index (χ0v) is 11.2. The minimum absolute atomic E-state index is 0.158. The molecule has 0 saturated carbocycles. The molecule has 1 aromatic heterocycles. The van der Waals surface area contributed by atoms with Crippen LogP contribution >= 0.6 is 0 Å². The second-order valence-corrected chi connectivity index (χ2v) is 4.19. The highest BCUT2D eigenvalue weighted by atomic mass is 16.5. The van der Waals surface area contributed by atoms with Crippen LogP contribution in [-0.4, -0.2) is 11.1 Å². The van der Waals surface area contributed by atoms with Gasteiger partial charge in [0, 0.05) is 12.5 Å². The predicted molar refractivity (Wildman–Crippen MR) is 70.7 cm³/mol. The fourth-order valence-electron chi connectivity index (χ4n) is 1.96. The fraction of sp³-hybridized carbons (Fsp3) is 0.286. The lowest BCUT2D eigenvalue weighted by molar-refractivity contribution is -0.118. The Labute approximate surface area is 111 Å². The van der Waals surface area contributed by atoms with Crippen molar-refractivity contribution in [3.63, 3.8) is 0 Å². The normalized spacial score (nSPS) is 14.8. The molecular weight excluding hydrogens is 244 g/mol. The average Bonchev–Trinajstić information content (AvgIpc) is 2.76. The van der Waals surface area contributed by atoms with Crippen LogP contribution in [0, 0.1) is 6.92 Å². The third-order valence-corrected chi connectivity index (χ3v) is 2.89. The first-order valence-corrected chi connectivity index (χ1v) is 5.97. The van der Waals surface area contributed by atoms with Gasteiger partial charge in [-0.1, -0.05) is 23.9 Å². The minimum Gasteiger partial charge on any atom is -0.486 e. The van der Waals surface area contributed by atoms with Gasteiger partial charge in [-0.05, 0) is 13.8 Å². The summed E-state index contributed by atoms with van der Waals surface area (Å²) in [6, 6.07) is 0. The highest BCUT2D eigenvalue weighted by Gasteiger charge is 2.26. The van der Waals surface area contributed by atoms with Crippen molar-refractivity contribution < 1.29 is 14.1 Å². The number of carbonyl (C=O) groups excluding carboxylic acids is 1. The summed E-state index contributed by atoms with van der Waals surface area (Å²) in [4.78, 5) is 11.2. The van der Waals surface area contributed by atoms with Crippen LogP contribution in [0.4, 0.5) is 0 Å². The summed E-state index contributed by atoms with van der Waals surface area (Å²) >= 11 is 0. The van der Waals surface area contributed by atoms with Crippen LogP contribution in [0.15, 0.2) is 34.7 Å². The van der Waals surface area contributed by atoms with Gasteiger partial charge in [-0.3, -0.25) is 4.79 Å². The maximum absolute atomic E-state index is 11.2. The van der Waals surface area contributed by atoms with Gasteiger partial charge < -0.3 is 14.6 Å². The van der Waals surface area contributed by atoms with E-state index in [2.05, 4.69) is 17.1 Å². The second kappa shape index (κ2) is 5.14. The molecule has 19 heavy (non-hydrogen) atoms. The van der Waals surface area contributed by atoms with Crippen molar-refractivity contribution in [3.05, 3.63) is 47.2 Å². The Bertz CT molecular complexity index is 594. The lowest BCUT2D eigenvalue weighted by Gasteiger charge is -2.21. The molecule has 0 saturated heterocycles. The molecule has 1 aliphatic heterocycles. The number of amides is 1. The number of ether oxygens (including phenoxy) is 1. The minimum atomic E-state index is -0.158. The van der Waals surface area contributed by atoms with Gasteiger partial charge in [0.25, 0.3) is 0 Å². The molecule has 1 aliphatic rings. The number of hydrogen-bond acceptors (Lipinski definition) is 4. The Morgan fingerprint density at radius 3 is 2.84 bits per heavy atom. The fourth-order valence-corrected chi connectivity index (χ4v) is 1.96. The molecule has 2 rings (SSSR count). The van der Waals surface area contributed by atoms with Crippen molar-refractivity contribution in [2.75, 3.05) is 0 Å². The molecule has 0 aromatic carbocycles. The molecule has 5 nitrogen and oxygen atoms in total. The quantitative estimate of drug-likeness (QED) is 0.906. The first kappa shape index (κ1) is 13.1. The number of fused-ring (bicyclic) bond motifs is 1. The number of nitrogens with one attached hydrogen (secondary N) is 1. The summed E-state index contributed by atoms with van der Waals surface area (Å²) in [6.45, 7) is 9.26. The van der Waals surface area contributed by atoms with E-state index in [1.807, 2.05) is 13.8 Å². The third-order valence-electron chi connectivity index (χ3n) is 2.89. The van der Waals surface area contributed by atoms with E-state index in [-0.39, 0.29) is 5.91 Å². The summed E-state index contributed by atoms with van der Waals surface area (Å²) in [5.74, 6) is 1.14. The number of nitrogens with zero attached hydrogens (tertiary/aromatic N) is 1. The van der Waals surface area contributed by atoms with E-state index in [4.69, 9.17) is 9.26 Å². The Kier molecular flexibility index (Phi) is 3.55. The molecule has 0 fully saturated rings.